The molecule has 2 heterocycles. The summed E-state index contributed by atoms with van der Waals surface area (Å²) in [4.78, 5) is 16.8. The van der Waals surface area contributed by atoms with Crippen LogP contribution in [0, 0.1) is 5.92 Å². The second-order valence-electron chi connectivity index (χ2n) is 7.54. The Balaban J connectivity index is 1.62. The predicted molar refractivity (Wildman–Crippen MR) is 93.6 cm³/mol. The average molecular weight is 333 g/mol. The van der Waals surface area contributed by atoms with Crippen LogP contribution >= 0.6 is 0 Å². The van der Waals surface area contributed by atoms with Gasteiger partial charge < -0.3 is 14.4 Å². The van der Waals surface area contributed by atoms with Crippen LogP contribution in [0.2, 0.25) is 0 Å². The topological polar surface area (TPSA) is 54.3 Å². The molecule has 0 atom stereocenters. The Morgan fingerprint density at radius 3 is 2.38 bits per heavy atom. The van der Waals surface area contributed by atoms with Crippen LogP contribution in [0.25, 0.3) is 0 Å². The second kappa shape index (κ2) is 7.64. The van der Waals surface area contributed by atoms with Crippen molar-refractivity contribution in [3.05, 3.63) is 11.6 Å². The first-order valence-corrected chi connectivity index (χ1v) is 9.45. The number of amides is 1. The molecule has 0 bridgehead atoms. The van der Waals surface area contributed by atoms with E-state index in [1.54, 1.807) is 0 Å². The van der Waals surface area contributed by atoms with Gasteiger partial charge in [0.05, 0.1) is 6.54 Å². The molecule has 1 saturated carbocycles. The minimum Gasteiger partial charge on any atom is -0.342 e. The van der Waals surface area contributed by atoms with Gasteiger partial charge in [0.25, 0.3) is 0 Å². The lowest BCUT2D eigenvalue weighted by Gasteiger charge is -2.33. The minimum absolute atomic E-state index is 0.299. The van der Waals surface area contributed by atoms with Crippen LogP contribution in [-0.4, -0.2) is 57.7 Å². The fourth-order valence-electron chi connectivity index (χ4n) is 4.18. The molecule has 0 unspecified atom stereocenters. The minimum atomic E-state index is 0.299. The van der Waals surface area contributed by atoms with Gasteiger partial charge in [0.2, 0.25) is 5.91 Å². The van der Waals surface area contributed by atoms with Crippen LogP contribution in [0.3, 0.4) is 0 Å². The predicted octanol–water partition coefficient (Wildman–Crippen LogP) is 2.26. The van der Waals surface area contributed by atoms with Crippen LogP contribution in [0.15, 0.2) is 0 Å². The molecule has 1 aromatic rings. The summed E-state index contributed by atoms with van der Waals surface area (Å²) in [7, 11) is 4.11. The third-order valence-electron chi connectivity index (χ3n) is 5.51. The van der Waals surface area contributed by atoms with Gasteiger partial charge >= 0.3 is 0 Å². The number of aromatic nitrogens is 3. The molecule has 1 amide bonds. The molecule has 2 fully saturated rings. The highest BCUT2D eigenvalue weighted by molar-refractivity contribution is 5.79. The number of piperidine rings is 1. The molecule has 0 radical (unpaired) electrons. The second-order valence-corrected chi connectivity index (χ2v) is 7.54. The molecule has 0 aromatic carbocycles. The summed E-state index contributed by atoms with van der Waals surface area (Å²) in [6.45, 7) is 5.64. The zero-order chi connectivity index (χ0) is 17.1. The first-order valence-electron chi connectivity index (χ1n) is 9.45. The first-order chi connectivity index (χ1) is 11.6. The maximum atomic E-state index is 12.6. The van der Waals surface area contributed by atoms with Crippen molar-refractivity contribution in [1.29, 1.82) is 0 Å². The lowest BCUT2D eigenvalue weighted by molar-refractivity contribution is -0.136. The van der Waals surface area contributed by atoms with E-state index in [-0.39, 0.29) is 0 Å². The molecule has 6 heteroatoms. The maximum Gasteiger partial charge on any atom is 0.225 e. The highest BCUT2D eigenvalue weighted by Gasteiger charge is 2.32. The molecule has 1 saturated heterocycles. The van der Waals surface area contributed by atoms with Crippen LogP contribution in [0.1, 0.15) is 63.0 Å². The summed E-state index contributed by atoms with van der Waals surface area (Å²) in [6, 6.07) is 0. The van der Waals surface area contributed by atoms with Crippen molar-refractivity contribution in [3.8, 4) is 0 Å². The van der Waals surface area contributed by atoms with E-state index < -0.39 is 0 Å². The number of carbonyl (C=O) groups is 1. The quantitative estimate of drug-likeness (QED) is 0.829. The van der Waals surface area contributed by atoms with Gasteiger partial charge in [0.15, 0.2) is 0 Å². The summed E-state index contributed by atoms with van der Waals surface area (Å²) in [6.07, 6.45) is 6.66. The Hall–Kier alpha value is -1.43. The van der Waals surface area contributed by atoms with E-state index in [0.29, 0.717) is 17.7 Å². The Labute approximate surface area is 145 Å². The summed E-state index contributed by atoms with van der Waals surface area (Å²) in [5.74, 6) is 3.29. The Morgan fingerprint density at radius 2 is 1.79 bits per heavy atom. The highest BCUT2D eigenvalue weighted by Crippen LogP contribution is 2.31. The molecular formula is C18H31N5O. The first kappa shape index (κ1) is 17.4. The van der Waals surface area contributed by atoms with E-state index in [0.717, 1.165) is 63.5 Å². The molecule has 3 rings (SSSR count). The zero-order valence-electron chi connectivity index (χ0n) is 15.4. The lowest BCUT2D eigenvalue weighted by Crippen LogP contribution is -2.41. The number of rotatable bonds is 5. The van der Waals surface area contributed by atoms with E-state index in [2.05, 4.69) is 45.6 Å². The molecule has 24 heavy (non-hydrogen) atoms. The van der Waals surface area contributed by atoms with Crippen molar-refractivity contribution in [2.45, 2.75) is 64.5 Å². The Morgan fingerprint density at radius 1 is 1.12 bits per heavy atom. The van der Waals surface area contributed by atoms with Crippen molar-refractivity contribution in [2.75, 3.05) is 27.2 Å². The van der Waals surface area contributed by atoms with Gasteiger partial charge in [0, 0.05) is 31.5 Å². The van der Waals surface area contributed by atoms with Gasteiger partial charge in [-0.2, -0.15) is 0 Å². The van der Waals surface area contributed by atoms with Gasteiger partial charge in [-0.3, -0.25) is 4.79 Å². The van der Waals surface area contributed by atoms with Crippen LogP contribution in [0.5, 0.6) is 0 Å². The van der Waals surface area contributed by atoms with Crippen molar-refractivity contribution in [2.24, 2.45) is 5.92 Å². The van der Waals surface area contributed by atoms with Gasteiger partial charge in [0.1, 0.15) is 11.6 Å². The highest BCUT2D eigenvalue weighted by atomic mass is 16.2. The largest absolute Gasteiger partial charge is 0.342 e. The number of carbonyl (C=O) groups excluding carboxylic acids is 1. The summed E-state index contributed by atoms with van der Waals surface area (Å²) in [5.41, 5.74) is 0. The van der Waals surface area contributed by atoms with Crippen LogP contribution in [0.4, 0.5) is 0 Å². The number of hydrogen-bond acceptors (Lipinski definition) is 4. The average Bonchev–Trinajstić information content (AvgIpc) is 3.23. The van der Waals surface area contributed by atoms with Crippen LogP contribution in [-0.2, 0) is 17.9 Å². The number of hydrogen-bond donors (Lipinski definition) is 0. The molecule has 1 aromatic heterocycles. The van der Waals surface area contributed by atoms with Gasteiger partial charge in [-0.05, 0) is 46.7 Å². The molecule has 0 N–H and O–H groups in total. The fraction of sp³-hybridized carbons (Fsp3) is 0.833. The Kier molecular flexibility index (Phi) is 5.54. The lowest BCUT2D eigenvalue weighted by atomic mass is 9.94. The summed E-state index contributed by atoms with van der Waals surface area (Å²) >= 11 is 0. The van der Waals surface area contributed by atoms with Crippen molar-refractivity contribution in [1.82, 2.24) is 24.6 Å². The SMILES string of the molecule is CCn1c(CN(C)C)nnc1C1CCN(C(=O)C2CCCC2)CC1. The van der Waals surface area contributed by atoms with E-state index in [1.807, 2.05) is 0 Å². The van der Waals surface area contributed by atoms with Crippen LogP contribution < -0.4 is 0 Å². The third kappa shape index (κ3) is 3.63. The molecular weight excluding hydrogens is 302 g/mol. The van der Waals surface area contributed by atoms with Crippen molar-refractivity contribution >= 4 is 5.91 Å². The molecule has 1 aliphatic heterocycles. The van der Waals surface area contributed by atoms with Crippen molar-refractivity contribution in [3.63, 3.8) is 0 Å². The zero-order valence-corrected chi connectivity index (χ0v) is 15.4. The third-order valence-corrected chi connectivity index (χ3v) is 5.51. The van der Waals surface area contributed by atoms with E-state index in [9.17, 15) is 4.79 Å². The molecule has 1 aliphatic carbocycles. The summed E-state index contributed by atoms with van der Waals surface area (Å²) < 4.78 is 2.26. The Bertz CT molecular complexity index is 554. The molecule has 6 nitrogen and oxygen atoms in total. The molecule has 2 aliphatic rings. The molecule has 134 valence electrons. The van der Waals surface area contributed by atoms with Crippen molar-refractivity contribution < 1.29 is 4.79 Å². The van der Waals surface area contributed by atoms with Gasteiger partial charge in [-0.1, -0.05) is 12.8 Å². The van der Waals surface area contributed by atoms with Gasteiger partial charge in [-0.15, -0.1) is 10.2 Å². The fourth-order valence-corrected chi connectivity index (χ4v) is 4.18. The smallest absolute Gasteiger partial charge is 0.225 e. The van der Waals surface area contributed by atoms with Gasteiger partial charge in [-0.25, -0.2) is 0 Å². The standard InChI is InChI=1S/C18H31N5O/c1-4-23-16(13-21(2)3)19-20-17(23)14-9-11-22(12-10-14)18(24)15-7-5-6-8-15/h14-15H,4-13H2,1-3H3. The summed E-state index contributed by atoms with van der Waals surface area (Å²) in [5, 5.41) is 8.90. The molecule has 0 spiro atoms. The normalized spacial score (nSPS) is 20.2. The number of nitrogens with zero attached hydrogens (tertiary/aromatic N) is 5. The van der Waals surface area contributed by atoms with E-state index in [1.165, 1.54) is 12.8 Å². The van der Waals surface area contributed by atoms with E-state index >= 15 is 0 Å². The van der Waals surface area contributed by atoms with E-state index in [4.69, 9.17) is 0 Å². The monoisotopic (exact) mass is 333 g/mol. The maximum absolute atomic E-state index is 12.6. The number of likely N-dealkylation sites (tertiary alicyclic amines) is 1.